The summed E-state index contributed by atoms with van der Waals surface area (Å²) in [6.07, 6.45) is 8.75. The van der Waals surface area contributed by atoms with E-state index in [1.54, 1.807) is 51.6 Å². The van der Waals surface area contributed by atoms with Crippen molar-refractivity contribution in [2.24, 2.45) is 5.41 Å². The maximum Gasteiger partial charge on any atom is 0.408 e. The molecule has 1 saturated heterocycles. The van der Waals surface area contributed by atoms with E-state index in [-0.39, 0.29) is 32.8 Å². The number of β-amino-alcohol motifs (C(OH)–C–C–N with tert-alkyl or cyclic N) is 1. The van der Waals surface area contributed by atoms with Gasteiger partial charge in [0, 0.05) is 36.9 Å². The summed E-state index contributed by atoms with van der Waals surface area (Å²) in [5.41, 5.74) is 2.68. The smallest absolute Gasteiger partial charge is 0.408 e. The minimum absolute atomic E-state index is 0.0334. The summed E-state index contributed by atoms with van der Waals surface area (Å²) in [6.45, 7) is 20.6. The lowest BCUT2D eigenvalue weighted by Crippen LogP contribution is -2.58. The molecule has 1 aromatic heterocycles. The topological polar surface area (TPSA) is 168 Å². The number of aliphatic hydroxyl groups excluding tert-OH is 1. The number of ether oxygens (including phenoxy) is 3. The molecule has 0 aliphatic carbocycles. The number of hydrogen-bond donors (Lipinski definition) is 4. The van der Waals surface area contributed by atoms with E-state index in [0.29, 0.717) is 18.6 Å². The lowest BCUT2D eigenvalue weighted by molar-refractivity contribution is -0.144. The van der Waals surface area contributed by atoms with Gasteiger partial charge in [-0.3, -0.25) is 14.4 Å². The van der Waals surface area contributed by atoms with Crippen LogP contribution in [0.25, 0.3) is 5.57 Å². The highest BCUT2D eigenvalue weighted by Crippen LogP contribution is 2.27. The number of hydrogen-bond acceptors (Lipinski definition) is 10. The maximum atomic E-state index is 13.9. The summed E-state index contributed by atoms with van der Waals surface area (Å²) in [6, 6.07) is -2.29. The quantitative estimate of drug-likeness (QED) is 0.0987. The molecule has 4 atom stereocenters. The van der Waals surface area contributed by atoms with Crippen molar-refractivity contribution < 1.29 is 38.5 Å². The summed E-state index contributed by atoms with van der Waals surface area (Å²) < 4.78 is 16.4. The summed E-state index contributed by atoms with van der Waals surface area (Å²) >= 11 is 1.46. The van der Waals surface area contributed by atoms with Gasteiger partial charge in [0.1, 0.15) is 30.9 Å². The number of nitrogens with zero attached hydrogens (tertiary/aromatic N) is 2. The second-order valence-electron chi connectivity index (χ2n) is 14.9. The van der Waals surface area contributed by atoms with Crippen molar-refractivity contribution in [2.75, 3.05) is 33.0 Å². The Morgan fingerprint density at radius 3 is 2.46 bits per heavy atom. The summed E-state index contributed by atoms with van der Waals surface area (Å²) in [7, 11) is 0. The average Bonchev–Trinajstić information content (AvgIpc) is 3.69. The molecular weight excluding hydrogens is 711 g/mol. The predicted molar refractivity (Wildman–Crippen MR) is 211 cm³/mol. The van der Waals surface area contributed by atoms with E-state index in [4.69, 9.17) is 14.2 Å². The Kier molecular flexibility index (Phi) is 18.8. The van der Waals surface area contributed by atoms with Gasteiger partial charge in [0.15, 0.2) is 0 Å². The van der Waals surface area contributed by atoms with Crippen LogP contribution in [0.3, 0.4) is 0 Å². The number of likely N-dealkylation sites (tertiary alicyclic amines) is 1. The van der Waals surface area contributed by atoms with E-state index in [9.17, 15) is 24.3 Å². The van der Waals surface area contributed by atoms with E-state index in [0.717, 1.165) is 22.6 Å². The Balaban J connectivity index is 1.89. The lowest BCUT2D eigenvalue weighted by atomic mass is 9.85. The molecule has 13 nitrogen and oxygen atoms in total. The van der Waals surface area contributed by atoms with Gasteiger partial charge in [-0.1, -0.05) is 64.3 Å². The number of aliphatic hydroxyl groups is 1. The number of carbonyl (C=O) groups excluding carboxylic acids is 4. The molecule has 298 valence electrons. The highest BCUT2D eigenvalue weighted by Gasteiger charge is 2.44. The van der Waals surface area contributed by atoms with Gasteiger partial charge in [-0.15, -0.1) is 11.3 Å². The summed E-state index contributed by atoms with van der Waals surface area (Å²) in [4.78, 5) is 58.9. The number of alkyl carbamates (subject to hydrolysis) is 1. The molecule has 4 N–H and O–H groups in total. The zero-order chi connectivity index (χ0) is 40.5. The standard InChI is InChI=1S/C40H59N5O8S/c1-11-13-17-30(34-28(4)42-26-54-34)23-41-36(48)32-22-31(46)24-45(32)37(49)35(39(5,6)7)44-33(47)25-52-21-15-20-51-19-14-18-29(16-12-2)27(3)43-38(50)53-40(8,9)10/h12-13,16-17,23,26-27,31-32,35,46H,2,11,15,19-22,24-25H2,1,3-10H3,(H,41,48)(H,43,50)(H,44,47)/b17-13-,29-16-,30-23+/t27?,31-,32+,35-/m1/s1. The Morgan fingerprint density at radius 2 is 1.85 bits per heavy atom. The zero-order valence-electron chi connectivity index (χ0n) is 33.2. The molecule has 54 heavy (non-hydrogen) atoms. The van der Waals surface area contributed by atoms with Gasteiger partial charge < -0.3 is 40.2 Å². The van der Waals surface area contributed by atoms with Crippen LogP contribution in [0.2, 0.25) is 0 Å². The van der Waals surface area contributed by atoms with Crippen molar-refractivity contribution in [3.63, 3.8) is 0 Å². The molecule has 1 unspecified atom stereocenters. The molecule has 4 amide bonds. The van der Waals surface area contributed by atoms with Crippen LogP contribution in [0, 0.1) is 24.2 Å². The van der Waals surface area contributed by atoms with Crippen LogP contribution >= 0.6 is 11.3 Å². The molecular formula is C40H59N5O8S. The Labute approximate surface area is 324 Å². The summed E-state index contributed by atoms with van der Waals surface area (Å²) in [5.74, 6) is 4.53. The third kappa shape index (κ3) is 16.0. The minimum Gasteiger partial charge on any atom is -0.444 e. The molecule has 0 aromatic carbocycles. The number of rotatable bonds is 17. The van der Waals surface area contributed by atoms with Crippen molar-refractivity contribution in [3.05, 3.63) is 58.7 Å². The third-order valence-corrected chi connectivity index (χ3v) is 8.89. The van der Waals surface area contributed by atoms with E-state index < -0.39 is 59.1 Å². The van der Waals surface area contributed by atoms with Gasteiger partial charge in [-0.2, -0.15) is 0 Å². The fourth-order valence-electron chi connectivity index (χ4n) is 5.25. The van der Waals surface area contributed by atoms with Crippen molar-refractivity contribution in [3.8, 4) is 11.8 Å². The first-order valence-electron chi connectivity index (χ1n) is 18.2. The lowest BCUT2D eigenvalue weighted by Gasteiger charge is -2.35. The number of amides is 4. The van der Waals surface area contributed by atoms with Gasteiger partial charge in [0.2, 0.25) is 17.7 Å². The molecule has 1 aliphatic rings. The number of aromatic nitrogens is 1. The molecule has 1 fully saturated rings. The molecule has 0 bridgehead atoms. The molecule has 14 heteroatoms. The first kappa shape index (κ1) is 45.9. The molecule has 1 aliphatic heterocycles. The fraction of sp³-hybridized carbons (Fsp3) is 0.575. The first-order chi connectivity index (χ1) is 25.4. The van der Waals surface area contributed by atoms with Crippen LogP contribution in [0.4, 0.5) is 4.79 Å². The molecule has 2 rings (SSSR count). The number of nitrogens with one attached hydrogen (secondary N) is 3. The SMILES string of the molecule is C=C/C=C(/C#CCOCCCOCC(=O)N[C@H](C(=O)N1C[C@H](O)C[C@H]1C(=O)N/C=C(\C=C/CC)c1scnc1C)C(C)(C)C)C(C)NC(=O)OC(C)(C)C. The second-order valence-corrected chi connectivity index (χ2v) is 15.8. The number of allylic oxidation sites excluding steroid dienone is 5. The molecule has 0 radical (unpaired) electrons. The second kappa shape index (κ2) is 22.2. The number of aryl methyl sites for hydroxylation is 1. The first-order valence-corrected chi connectivity index (χ1v) is 19.1. The van der Waals surface area contributed by atoms with Crippen LogP contribution < -0.4 is 16.0 Å². The Bertz CT molecular complexity index is 1590. The molecule has 0 saturated carbocycles. The van der Waals surface area contributed by atoms with Crippen molar-refractivity contribution in [1.29, 1.82) is 0 Å². The van der Waals surface area contributed by atoms with Gasteiger partial charge in [0.25, 0.3) is 0 Å². The molecule has 2 heterocycles. The van der Waals surface area contributed by atoms with Crippen LogP contribution in [0.15, 0.2) is 48.2 Å². The van der Waals surface area contributed by atoms with Gasteiger partial charge in [-0.05, 0) is 59.0 Å². The Hall–Kier alpha value is -4.29. The van der Waals surface area contributed by atoms with Gasteiger partial charge in [0.05, 0.1) is 34.8 Å². The molecule has 1 aromatic rings. The monoisotopic (exact) mass is 769 g/mol. The predicted octanol–water partition coefficient (Wildman–Crippen LogP) is 4.82. The van der Waals surface area contributed by atoms with E-state index >= 15 is 0 Å². The van der Waals surface area contributed by atoms with Crippen LogP contribution in [-0.4, -0.2) is 102 Å². The highest BCUT2D eigenvalue weighted by molar-refractivity contribution is 7.11. The van der Waals surface area contributed by atoms with Crippen molar-refractivity contribution in [2.45, 2.75) is 111 Å². The number of thiazole rings is 1. The largest absolute Gasteiger partial charge is 0.444 e. The van der Waals surface area contributed by atoms with Gasteiger partial charge in [-0.25, -0.2) is 9.78 Å². The van der Waals surface area contributed by atoms with E-state index in [1.165, 1.54) is 16.2 Å². The average molecular weight is 770 g/mol. The normalized spacial score (nSPS) is 17.7. The van der Waals surface area contributed by atoms with E-state index in [1.807, 2.05) is 46.8 Å². The third-order valence-electron chi connectivity index (χ3n) is 7.91. The van der Waals surface area contributed by atoms with Crippen molar-refractivity contribution in [1.82, 2.24) is 25.8 Å². The number of carbonyl (C=O) groups is 4. The maximum absolute atomic E-state index is 13.9. The van der Waals surface area contributed by atoms with Crippen LogP contribution in [0.5, 0.6) is 0 Å². The van der Waals surface area contributed by atoms with Gasteiger partial charge >= 0.3 is 6.09 Å². The van der Waals surface area contributed by atoms with E-state index in [2.05, 4.69) is 39.4 Å². The van der Waals surface area contributed by atoms with Crippen molar-refractivity contribution >= 4 is 40.7 Å². The minimum atomic E-state index is -0.975. The molecule has 0 spiro atoms. The van der Waals surface area contributed by atoms with Crippen LogP contribution in [-0.2, 0) is 28.6 Å². The van der Waals surface area contributed by atoms with Crippen LogP contribution in [0.1, 0.15) is 85.2 Å². The zero-order valence-corrected chi connectivity index (χ0v) is 34.1. The highest BCUT2D eigenvalue weighted by atomic mass is 32.1. The fourth-order valence-corrected chi connectivity index (χ4v) is 6.06. The summed E-state index contributed by atoms with van der Waals surface area (Å²) in [5, 5.41) is 18.9. The Morgan fingerprint density at radius 1 is 1.15 bits per heavy atom.